The van der Waals surface area contributed by atoms with Crippen molar-refractivity contribution in [3.05, 3.63) is 54.2 Å². The van der Waals surface area contributed by atoms with E-state index in [2.05, 4.69) is 16.0 Å². The first kappa shape index (κ1) is 15.1. The molecule has 0 bridgehead atoms. The molecule has 0 radical (unpaired) electrons. The second-order valence-electron chi connectivity index (χ2n) is 6.14. The Kier molecular flexibility index (Phi) is 3.94. The molecule has 2 unspecified atom stereocenters. The van der Waals surface area contributed by atoms with Gasteiger partial charge in [-0.25, -0.2) is 4.98 Å². The lowest BCUT2D eigenvalue weighted by Gasteiger charge is -2.30. The van der Waals surface area contributed by atoms with E-state index < -0.39 is 0 Å². The van der Waals surface area contributed by atoms with E-state index in [1.54, 1.807) is 6.20 Å². The molecule has 1 aromatic heterocycles. The van der Waals surface area contributed by atoms with Crippen molar-refractivity contribution in [2.45, 2.75) is 32.0 Å². The van der Waals surface area contributed by atoms with Crippen LogP contribution in [-0.2, 0) is 4.79 Å². The monoisotopic (exact) mass is 323 g/mol. The summed E-state index contributed by atoms with van der Waals surface area (Å²) in [5.41, 5.74) is 1.03. The molecule has 2 saturated heterocycles. The Hall–Kier alpha value is -2.40. The van der Waals surface area contributed by atoms with E-state index in [4.69, 9.17) is 4.74 Å². The summed E-state index contributed by atoms with van der Waals surface area (Å²) in [5, 5.41) is 0. The minimum atomic E-state index is -0.150. The number of amides is 1. The summed E-state index contributed by atoms with van der Waals surface area (Å²) in [6.45, 7) is 3.50. The zero-order chi connectivity index (χ0) is 16.5. The molecule has 2 aromatic rings. The molecule has 1 amide bonds. The second-order valence-corrected chi connectivity index (χ2v) is 6.14. The van der Waals surface area contributed by atoms with Gasteiger partial charge in [-0.2, -0.15) is 0 Å². The van der Waals surface area contributed by atoms with E-state index >= 15 is 0 Å². The number of ether oxygens (including phenoxy) is 1. The smallest absolute Gasteiger partial charge is 0.247 e. The van der Waals surface area contributed by atoms with Crippen LogP contribution in [-0.4, -0.2) is 35.0 Å². The molecule has 124 valence electrons. The Morgan fingerprint density at radius 1 is 1.21 bits per heavy atom. The molecule has 2 aliphatic heterocycles. The van der Waals surface area contributed by atoms with Crippen molar-refractivity contribution in [1.29, 1.82) is 0 Å². The van der Waals surface area contributed by atoms with Crippen molar-refractivity contribution in [3.8, 4) is 5.75 Å². The van der Waals surface area contributed by atoms with Crippen molar-refractivity contribution < 1.29 is 9.53 Å². The van der Waals surface area contributed by atoms with Crippen molar-refractivity contribution in [2.75, 3.05) is 18.1 Å². The summed E-state index contributed by atoms with van der Waals surface area (Å²) in [5.74, 6) is 1.68. The van der Waals surface area contributed by atoms with Crippen LogP contribution in [0.2, 0.25) is 0 Å². The Bertz CT molecular complexity index is 734. The number of fused-ring (bicyclic) bond motifs is 1. The maximum atomic E-state index is 13.0. The molecule has 5 heteroatoms. The van der Waals surface area contributed by atoms with Crippen LogP contribution in [0.1, 0.15) is 31.5 Å². The average Bonchev–Trinajstić information content (AvgIpc) is 3.19. The van der Waals surface area contributed by atoms with E-state index in [1.165, 1.54) is 0 Å². The van der Waals surface area contributed by atoms with Gasteiger partial charge in [0.15, 0.2) is 0 Å². The van der Waals surface area contributed by atoms with Gasteiger partial charge >= 0.3 is 0 Å². The molecular formula is C19H21N3O2. The maximum absolute atomic E-state index is 13.0. The number of para-hydroxylation sites is 1. The molecule has 0 spiro atoms. The lowest BCUT2D eigenvalue weighted by Crippen LogP contribution is -2.33. The zero-order valence-electron chi connectivity index (χ0n) is 13.8. The van der Waals surface area contributed by atoms with Gasteiger partial charge in [-0.3, -0.25) is 14.6 Å². The third-order valence-electron chi connectivity index (χ3n) is 4.77. The number of hydrogen-bond acceptors (Lipinski definition) is 4. The van der Waals surface area contributed by atoms with Gasteiger partial charge in [-0.1, -0.05) is 24.3 Å². The van der Waals surface area contributed by atoms with Gasteiger partial charge in [-0.05, 0) is 38.0 Å². The van der Waals surface area contributed by atoms with E-state index in [9.17, 15) is 4.79 Å². The number of hydrogen-bond donors (Lipinski definition) is 0. The van der Waals surface area contributed by atoms with Gasteiger partial charge in [-0.15, -0.1) is 0 Å². The third-order valence-corrected chi connectivity index (χ3v) is 4.77. The first-order valence-electron chi connectivity index (χ1n) is 8.53. The topological polar surface area (TPSA) is 45.7 Å². The van der Waals surface area contributed by atoms with Crippen molar-refractivity contribution >= 4 is 11.7 Å². The first-order valence-corrected chi connectivity index (χ1v) is 8.53. The SMILES string of the molecule is CCOc1ccccc1C1N(c2ccccn2)C(=O)C2CCCN21. The highest BCUT2D eigenvalue weighted by Gasteiger charge is 2.50. The van der Waals surface area contributed by atoms with E-state index in [0.29, 0.717) is 12.4 Å². The number of benzene rings is 1. The van der Waals surface area contributed by atoms with Crippen molar-refractivity contribution in [2.24, 2.45) is 0 Å². The summed E-state index contributed by atoms with van der Waals surface area (Å²) in [6, 6.07) is 13.6. The predicted molar refractivity (Wildman–Crippen MR) is 91.8 cm³/mol. The molecule has 1 aromatic carbocycles. The van der Waals surface area contributed by atoms with Crippen LogP contribution in [0.5, 0.6) is 5.75 Å². The molecule has 0 aliphatic carbocycles. The van der Waals surface area contributed by atoms with Crippen LogP contribution >= 0.6 is 0 Å². The fraction of sp³-hybridized carbons (Fsp3) is 0.368. The average molecular weight is 323 g/mol. The molecule has 0 N–H and O–H groups in total. The fourth-order valence-corrected chi connectivity index (χ4v) is 3.81. The van der Waals surface area contributed by atoms with Gasteiger partial charge in [0.1, 0.15) is 17.7 Å². The largest absolute Gasteiger partial charge is 0.493 e. The second kappa shape index (κ2) is 6.24. The number of aromatic nitrogens is 1. The van der Waals surface area contributed by atoms with E-state index in [0.717, 1.165) is 30.7 Å². The lowest BCUT2D eigenvalue weighted by molar-refractivity contribution is -0.119. The van der Waals surface area contributed by atoms with Crippen LogP contribution < -0.4 is 9.64 Å². The number of rotatable bonds is 4. The number of anilines is 1. The molecule has 2 fully saturated rings. The summed E-state index contributed by atoms with van der Waals surface area (Å²) in [4.78, 5) is 21.6. The molecule has 3 heterocycles. The van der Waals surface area contributed by atoms with Gasteiger partial charge < -0.3 is 4.74 Å². The number of carbonyl (C=O) groups is 1. The highest BCUT2D eigenvalue weighted by molar-refractivity contribution is 5.99. The third kappa shape index (κ3) is 2.36. The van der Waals surface area contributed by atoms with Gasteiger partial charge in [0.05, 0.1) is 12.6 Å². The van der Waals surface area contributed by atoms with Crippen LogP contribution in [0.3, 0.4) is 0 Å². The van der Waals surface area contributed by atoms with E-state index in [1.807, 2.05) is 48.2 Å². The lowest BCUT2D eigenvalue weighted by atomic mass is 10.1. The zero-order valence-corrected chi connectivity index (χ0v) is 13.8. The maximum Gasteiger partial charge on any atom is 0.247 e. The van der Waals surface area contributed by atoms with Crippen molar-refractivity contribution in [1.82, 2.24) is 9.88 Å². The van der Waals surface area contributed by atoms with Crippen LogP contribution in [0, 0.1) is 0 Å². The van der Waals surface area contributed by atoms with Crippen LogP contribution in [0.4, 0.5) is 5.82 Å². The molecule has 2 atom stereocenters. The summed E-state index contributed by atoms with van der Waals surface area (Å²) < 4.78 is 5.83. The minimum absolute atomic E-state index is 0.0494. The summed E-state index contributed by atoms with van der Waals surface area (Å²) >= 11 is 0. The quantitative estimate of drug-likeness (QED) is 0.868. The fourth-order valence-electron chi connectivity index (χ4n) is 3.81. The summed E-state index contributed by atoms with van der Waals surface area (Å²) in [7, 11) is 0. The van der Waals surface area contributed by atoms with Crippen LogP contribution in [0.25, 0.3) is 0 Å². The number of pyridine rings is 1. The van der Waals surface area contributed by atoms with E-state index in [-0.39, 0.29) is 18.1 Å². The predicted octanol–water partition coefficient (Wildman–Crippen LogP) is 2.99. The van der Waals surface area contributed by atoms with Gasteiger partial charge in [0, 0.05) is 18.3 Å². The number of carbonyl (C=O) groups excluding carboxylic acids is 1. The highest BCUT2D eigenvalue weighted by Crippen LogP contribution is 2.44. The molecule has 4 rings (SSSR count). The molecule has 24 heavy (non-hydrogen) atoms. The Morgan fingerprint density at radius 3 is 2.83 bits per heavy atom. The number of nitrogens with zero attached hydrogens (tertiary/aromatic N) is 3. The summed E-state index contributed by atoms with van der Waals surface area (Å²) in [6.07, 6.45) is 3.55. The van der Waals surface area contributed by atoms with Gasteiger partial charge in [0.2, 0.25) is 5.91 Å². The molecule has 5 nitrogen and oxygen atoms in total. The molecule has 0 saturated carbocycles. The Morgan fingerprint density at radius 2 is 2.04 bits per heavy atom. The molecular weight excluding hydrogens is 302 g/mol. The standard InChI is InChI=1S/C19H21N3O2/c1-2-24-16-10-4-3-8-14(16)18-21-13-7-9-15(21)19(23)22(18)17-11-5-6-12-20-17/h3-6,8,10-12,15,18H,2,7,9,13H2,1H3. The first-order chi connectivity index (χ1) is 11.8. The molecule has 2 aliphatic rings. The highest BCUT2D eigenvalue weighted by atomic mass is 16.5. The Balaban J connectivity index is 1.82. The van der Waals surface area contributed by atoms with Crippen LogP contribution in [0.15, 0.2) is 48.7 Å². The van der Waals surface area contributed by atoms with Gasteiger partial charge in [0.25, 0.3) is 0 Å². The minimum Gasteiger partial charge on any atom is -0.493 e. The normalized spacial score (nSPS) is 23.5. The Labute approximate surface area is 141 Å². The van der Waals surface area contributed by atoms with Crippen molar-refractivity contribution in [3.63, 3.8) is 0 Å².